The second-order valence-electron chi connectivity index (χ2n) is 2.93. The lowest BCUT2D eigenvalue weighted by Crippen LogP contribution is -2.05. The maximum Gasteiger partial charge on any atom is 0.280 e. The molecule has 6 heteroatoms. The number of nitrogens with zero attached hydrogens (tertiary/aromatic N) is 1. The fourth-order valence-electron chi connectivity index (χ4n) is 1.11. The number of nitro benzene ring substituents is 1. The third kappa shape index (κ3) is 2.46. The highest BCUT2D eigenvalue weighted by Gasteiger charge is 2.20. The molecular formula is C9H7Cl2NO3. The van der Waals surface area contributed by atoms with E-state index in [1.807, 2.05) is 0 Å². The quantitative estimate of drug-likeness (QED) is 0.357. The zero-order valence-electron chi connectivity index (χ0n) is 7.79. The molecule has 0 radical (unpaired) electrons. The molecule has 0 heterocycles. The molecule has 1 aromatic rings. The van der Waals surface area contributed by atoms with Crippen molar-refractivity contribution in [1.29, 1.82) is 0 Å². The Bertz CT molecular complexity index is 432. The van der Waals surface area contributed by atoms with Crippen LogP contribution in [0.4, 0.5) is 5.69 Å². The van der Waals surface area contributed by atoms with Gasteiger partial charge in [-0.25, -0.2) is 0 Å². The molecule has 1 aromatic carbocycles. The Morgan fingerprint density at radius 1 is 1.53 bits per heavy atom. The van der Waals surface area contributed by atoms with E-state index in [-0.39, 0.29) is 17.1 Å². The molecule has 0 fully saturated rings. The molecule has 0 atom stereocenters. The summed E-state index contributed by atoms with van der Waals surface area (Å²) in [6.07, 6.45) is 0. The van der Waals surface area contributed by atoms with E-state index in [0.29, 0.717) is 10.6 Å². The molecule has 0 amide bonds. The minimum Gasteiger partial charge on any atom is -0.293 e. The van der Waals surface area contributed by atoms with Crippen LogP contribution >= 0.6 is 23.2 Å². The zero-order chi connectivity index (χ0) is 11.6. The molecule has 0 spiro atoms. The first-order valence-electron chi connectivity index (χ1n) is 4.01. The minimum atomic E-state index is -0.622. The van der Waals surface area contributed by atoms with Crippen LogP contribution in [-0.2, 0) is 0 Å². The molecule has 0 unspecified atom stereocenters. The van der Waals surface area contributed by atoms with E-state index in [1.54, 1.807) is 6.92 Å². The Balaban J connectivity index is 3.41. The Hall–Kier alpha value is -1.13. The van der Waals surface area contributed by atoms with Crippen LogP contribution in [0.1, 0.15) is 15.9 Å². The first-order valence-corrected chi connectivity index (χ1v) is 4.92. The van der Waals surface area contributed by atoms with E-state index in [9.17, 15) is 14.9 Å². The average Bonchev–Trinajstić information content (AvgIpc) is 2.20. The summed E-state index contributed by atoms with van der Waals surface area (Å²) in [7, 11) is 0. The van der Waals surface area contributed by atoms with Crippen molar-refractivity contribution in [3.05, 3.63) is 38.4 Å². The average molecular weight is 248 g/mol. The number of carbonyl (C=O) groups is 1. The van der Waals surface area contributed by atoms with Crippen LogP contribution in [0.2, 0.25) is 5.02 Å². The SMILES string of the molecule is Cc1cc([N+](=O)[O-])c(C(=O)CCl)cc1Cl. The van der Waals surface area contributed by atoms with Crippen LogP contribution in [0, 0.1) is 17.0 Å². The van der Waals surface area contributed by atoms with Crippen molar-refractivity contribution >= 4 is 34.7 Å². The molecule has 1 rings (SSSR count). The molecule has 0 bridgehead atoms. The molecule has 0 saturated heterocycles. The van der Waals surface area contributed by atoms with E-state index < -0.39 is 10.7 Å². The summed E-state index contributed by atoms with van der Waals surface area (Å²) in [6.45, 7) is 1.63. The lowest BCUT2D eigenvalue weighted by molar-refractivity contribution is -0.385. The van der Waals surface area contributed by atoms with Gasteiger partial charge >= 0.3 is 0 Å². The van der Waals surface area contributed by atoms with Crippen molar-refractivity contribution in [1.82, 2.24) is 0 Å². The molecule has 4 nitrogen and oxygen atoms in total. The van der Waals surface area contributed by atoms with E-state index in [2.05, 4.69) is 0 Å². The number of aryl methyl sites for hydroxylation is 1. The van der Waals surface area contributed by atoms with Crippen LogP contribution in [-0.4, -0.2) is 16.6 Å². The summed E-state index contributed by atoms with van der Waals surface area (Å²) >= 11 is 11.1. The number of alkyl halides is 1. The van der Waals surface area contributed by atoms with E-state index in [4.69, 9.17) is 23.2 Å². The van der Waals surface area contributed by atoms with E-state index in [1.165, 1.54) is 12.1 Å². The van der Waals surface area contributed by atoms with E-state index in [0.717, 1.165) is 0 Å². The summed E-state index contributed by atoms with van der Waals surface area (Å²) in [5, 5.41) is 11.0. The highest BCUT2D eigenvalue weighted by Crippen LogP contribution is 2.27. The van der Waals surface area contributed by atoms with Gasteiger partial charge in [0.25, 0.3) is 5.69 Å². The predicted molar refractivity (Wildman–Crippen MR) is 57.9 cm³/mol. The number of hydrogen-bond acceptors (Lipinski definition) is 3. The van der Waals surface area contributed by atoms with Crippen molar-refractivity contribution in [3.63, 3.8) is 0 Å². The summed E-state index contributed by atoms with van der Waals surface area (Å²) in [4.78, 5) is 21.4. The maximum absolute atomic E-state index is 11.3. The fourth-order valence-corrected chi connectivity index (χ4v) is 1.42. The molecule has 15 heavy (non-hydrogen) atoms. The van der Waals surface area contributed by atoms with Crippen LogP contribution in [0.5, 0.6) is 0 Å². The van der Waals surface area contributed by atoms with Gasteiger partial charge in [0.15, 0.2) is 5.78 Å². The molecule has 0 N–H and O–H groups in total. The van der Waals surface area contributed by atoms with Gasteiger partial charge in [-0.2, -0.15) is 0 Å². The summed E-state index contributed by atoms with van der Waals surface area (Å²) in [5.74, 6) is -0.814. The monoisotopic (exact) mass is 247 g/mol. The number of Topliss-reactive ketones (excluding diaryl/α,β-unsaturated/α-hetero) is 1. The molecule has 0 saturated carbocycles. The van der Waals surface area contributed by atoms with Gasteiger partial charge in [-0.15, -0.1) is 11.6 Å². The molecule has 0 aromatic heterocycles. The standard InChI is InChI=1S/C9H7Cl2NO3/c1-5-2-8(12(14)15)6(3-7(5)11)9(13)4-10/h2-3H,4H2,1H3. The Morgan fingerprint density at radius 3 is 2.60 bits per heavy atom. The molecule has 0 aliphatic rings. The van der Waals surface area contributed by atoms with Crippen LogP contribution in [0.3, 0.4) is 0 Å². The van der Waals surface area contributed by atoms with Gasteiger partial charge in [0, 0.05) is 11.1 Å². The van der Waals surface area contributed by atoms with Crippen LogP contribution in [0.15, 0.2) is 12.1 Å². The first-order chi connectivity index (χ1) is 6.97. The molecular weight excluding hydrogens is 241 g/mol. The highest BCUT2D eigenvalue weighted by molar-refractivity contribution is 6.33. The van der Waals surface area contributed by atoms with Gasteiger partial charge in [-0.05, 0) is 18.6 Å². The van der Waals surface area contributed by atoms with Gasteiger partial charge < -0.3 is 0 Å². The normalized spacial score (nSPS) is 10.1. The zero-order valence-corrected chi connectivity index (χ0v) is 9.30. The van der Waals surface area contributed by atoms with Gasteiger partial charge in [0.05, 0.1) is 16.4 Å². The number of nitro groups is 1. The molecule has 80 valence electrons. The number of hydrogen-bond donors (Lipinski definition) is 0. The number of benzene rings is 1. The lowest BCUT2D eigenvalue weighted by Gasteiger charge is -2.03. The largest absolute Gasteiger partial charge is 0.293 e. The summed E-state index contributed by atoms with van der Waals surface area (Å²) in [6, 6.07) is 2.54. The fraction of sp³-hybridized carbons (Fsp3) is 0.222. The Labute approximate surface area is 95.9 Å². The van der Waals surface area contributed by atoms with Crippen LogP contribution in [0.25, 0.3) is 0 Å². The third-order valence-electron chi connectivity index (χ3n) is 1.90. The predicted octanol–water partition coefficient (Wildman–Crippen LogP) is 2.98. The van der Waals surface area contributed by atoms with Gasteiger partial charge in [-0.1, -0.05) is 11.6 Å². The maximum atomic E-state index is 11.3. The minimum absolute atomic E-state index is 0.0504. The summed E-state index contributed by atoms with van der Waals surface area (Å²) < 4.78 is 0. The van der Waals surface area contributed by atoms with Crippen molar-refractivity contribution in [2.75, 3.05) is 5.88 Å². The van der Waals surface area contributed by atoms with E-state index >= 15 is 0 Å². The Kier molecular flexibility index (Phi) is 3.66. The number of rotatable bonds is 3. The summed E-state index contributed by atoms with van der Waals surface area (Å²) in [5.41, 5.74) is 0.239. The highest BCUT2D eigenvalue weighted by atomic mass is 35.5. The van der Waals surface area contributed by atoms with Crippen molar-refractivity contribution in [2.45, 2.75) is 6.92 Å². The van der Waals surface area contributed by atoms with Crippen LogP contribution < -0.4 is 0 Å². The molecule has 0 aliphatic heterocycles. The van der Waals surface area contributed by atoms with Gasteiger partial charge in [-0.3, -0.25) is 14.9 Å². The lowest BCUT2D eigenvalue weighted by atomic mass is 10.1. The smallest absolute Gasteiger partial charge is 0.280 e. The van der Waals surface area contributed by atoms with Gasteiger partial charge in [0.1, 0.15) is 0 Å². The van der Waals surface area contributed by atoms with Crippen molar-refractivity contribution in [2.24, 2.45) is 0 Å². The topological polar surface area (TPSA) is 60.2 Å². The number of ketones is 1. The Morgan fingerprint density at radius 2 is 2.13 bits per heavy atom. The number of halogens is 2. The number of carbonyl (C=O) groups excluding carboxylic acids is 1. The first kappa shape index (κ1) is 11.9. The van der Waals surface area contributed by atoms with Gasteiger partial charge in [0.2, 0.25) is 0 Å². The second-order valence-corrected chi connectivity index (χ2v) is 3.61. The second kappa shape index (κ2) is 4.59. The van der Waals surface area contributed by atoms with Crippen molar-refractivity contribution < 1.29 is 9.72 Å². The third-order valence-corrected chi connectivity index (χ3v) is 2.55. The molecule has 0 aliphatic carbocycles. The van der Waals surface area contributed by atoms with Crippen molar-refractivity contribution in [3.8, 4) is 0 Å².